The summed E-state index contributed by atoms with van der Waals surface area (Å²) in [6, 6.07) is 6.94. The third-order valence-corrected chi connectivity index (χ3v) is 3.74. The zero-order valence-corrected chi connectivity index (χ0v) is 12.2. The number of fused-ring (bicyclic) bond motifs is 1. The second-order valence-electron chi connectivity index (χ2n) is 5.71. The van der Waals surface area contributed by atoms with Gasteiger partial charge in [0, 0.05) is 19.0 Å². The number of benzene rings is 1. The maximum absolute atomic E-state index is 5.77. The van der Waals surface area contributed by atoms with Gasteiger partial charge in [-0.1, -0.05) is 12.1 Å². The van der Waals surface area contributed by atoms with E-state index in [1.54, 1.807) is 0 Å². The van der Waals surface area contributed by atoms with Crippen LogP contribution in [0, 0.1) is 0 Å². The lowest BCUT2D eigenvalue weighted by atomic mass is 10.1. The van der Waals surface area contributed by atoms with E-state index in [-0.39, 0.29) is 0 Å². The molecule has 106 valence electrons. The van der Waals surface area contributed by atoms with Crippen molar-refractivity contribution in [1.82, 2.24) is 4.90 Å². The highest BCUT2D eigenvalue weighted by atomic mass is 16.5. The highest BCUT2D eigenvalue weighted by molar-refractivity contribution is 5.39. The van der Waals surface area contributed by atoms with Crippen LogP contribution < -0.4 is 10.5 Å². The molecule has 3 nitrogen and oxygen atoms in total. The maximum atomic E-state index is 5.77. The summed E-state index contributed by atoms with van der Waals surface area (Å²) in [4.78, 5) is 2.39. The monoisotopic (exact) mass is 262 g/mol. The van der Waals surface area contributed by atoms with Crippen molar-refractivity contribution in [2.24, 2.45) is 5.73 Å². The van der Waals surface area contributed by atoms with Gasteiger partial charge >= 0.3 is 0 Å². The summed E-state index contributed by atoms with van der Waals surface area (Å²) < 4.78 is 5.53. The van der Waals surface area contributed by atoms with Crippen molar-refractivity contribution in [2.45, 2.75) is 38.6 Å². The van der Waals surface area contributed by atoms with Crippen LogP contribution in [0.3, 0.4) is 0 Å². The van der Waals surface area contributed by atoms with E-state index in [9.17, 15) is 0 Å². The van der Waals surface area contributed by atoms with Crippen LogP contribution in [0.5, 0.6) is 5.75 Å². The minimum Gasteiger partial charge on any atom is -0.493 e. The fourth-order valence-corrected chi connectivity index (χ4v) is 2.51. The molecule has 1 unspecified atom stereocenters. The van der Waals surface area contributed by atoms with Crippen LogP contribution in [0.15, 0.2) is 18.2 Å². The molecule has 2 N–H and O–H groups in total. The quantitative estimate of drug-likeness (QED) is 0.819. The molecule has 2 rings (SSSR count). The van der Waals surface area contributed by atoms with E-state index >= 15 is 0 Å². The molecule has 0 aliphatic carbocycles. The SMILES string of the molecule is CC(N)CCCN(C)CCc1ccc2c(c1)CCO2. The van der Waals surface area contributed by atoms with E-state index in [1.807, 2.05) is 0 Å². The van der Waals surface area contributed by atoms with Gasteiger partial charge in [-0.25, -0.2) is 0 Å². The second kappa shape index (κ2) is 6.92. The molecule has 1 aliphatic rings. The first kappa shape index (κ1) is 14.4. The topological polar surface area (TPSA) is 38.5 Å². The number of nitrogens with two attached hydrogens (primary N) is 1. The Bertz CT molecular complexity index is 404. The fraction of sp³-hybridized carbons (Fsp3) is 0.625. The molecule has 1 heterocycles. The lowest BCUT2D eigenvalue weighted by Gasteiger charge is -2.17. The van der Waals surface area contributed by atoms with Gasteiger partial charge in [0.25, 0.3) is 0 Å². The molecule has 1 aromatic carbocycles. The summed E-state index contributed by atoms with van der Waals surface area (Å²) in [7, 11) is 2.19. The smallest absolute Gasteiger partial charge is 0.122 e. The number of ether oxygens (including phenoxy) is 1. The highest BCUT2D eigenvalue weighted by Gasteiger charge is 2.12. The third-order valence-electron chi connectivity index (χ3n) is 3.74. The normalized spacial score (nSPS) is 15.4. The summed E-state index contributed by atoms with van der Waals surface area (Å²) in [6.07, 6.45) is 4.47. The molecule has 0 spiro atoms. The third kappa shape index (κ3) is 4.51. The average Bonchev–Trinajstić information content (AvgIpc) is 2.83. The molecule has 0 saturated heterocycles. The largest absolute Gasteiger partial charge is 0.493 e. The number of rotatable bonds is 7. The van der Waals surface area contributed by atoms with Crippen molar-refractivity contribution in [3.63, 3.8) is 0 Å². The Morgan fingerprint density at radius 2 is 2.21 bits per heavy atom. The Hall–Kier alpha value is -1.06. The molecular weight excluding hydrogens is 236 g/mol. The molecule has 0 radical (unpaired) electrons. The van der Waals surface area contributed by atoms with Crippen LogP contribution in [0.25, 0.3) is 0 Å². The Morgan fingerprint density at radius 1 is 1.37 bits per heavy atom. The van der Waals surface area contributed by atoms with Gasteiger partial charge < -0.3 is 15.4 Å². The number of nitrogens with zero attached hydrogens (tertiary/aromatic N) is 1. The molecule has 1 atom stereocenters. The summed E-state index contributed by atoms with van der Waals surface area (Å²) in [5.74, 6) is 1.08. The summed E-state index contributed by atoms with van der Waals surface area (Å²) in [5.41, 5.74) is 8.56. The molecule has 1 aromatic rings. The lowest BCUT2D eigenvalue weighted by Crippen LogP contribution is -2.24. The van der Waals surface area contributed by atoms with E-state index in [0.29, 0.717) is 6.04 Å². The van der Waals surface area contributed by atoms with Crippen LogP contribution in [-0.4, -0.2) is 37.7 Å². The molecule has 0 amide bonds. The Kier molecular flexibility index (Phi) is 5.23. The van der Waals surface area contributed by atoms with Gasteiger partial charge in [0.2, 0.25) is 0 Å². The number of hydrogen-bond donors (Lipinski definition) is 1. The molecule has 19 heavy (non-hydrogen) atoms. The van der Waals surface area contributed by atoms with E-state index in [0.717, 1.165) is 44.7 Å². The van der Waals surface area contributed by atoms with Gasteiger partial charge in [-0.2, -0.15) is 0 Å². The predicted octanol–water partition coefficient (Wildman–Crippen LogP) is 2.22. The van der Waals surface area contributed by atoms with Gasteiger partial charge in [-0.15, -0.1) is 0 Å². The van der Waals surface area contributed by atoms with Crippen LogP contribution in [-0.2, 0) is 12.8 Å². The van der Waals surface area contributed by atoms with E-state index in [4.69, 9.17) is 10.5 Å². The van der Waals surface area contributed by atoms with Crippen LogP contribution in [0.2, 0.25) is 0 Å². The minimum absolute atomic E-state index is 0.324. The van der Waals surface area contributed by atoms with Crippen molar-refractivity contribution in [3.8, 4) is 5.75 Å². The average molecular weight is 262 g/mol. The standard InChI is InChI=1S/C16H26N2O/c1-13(17)4-3-9-18(2)10-7-14-5-6-16-15(12-14)8-11-19-16/h5-6,12-13H,3-4,7-11,17H2,1-2H3. The van der Waals surface area contributed by atoms with Crippen LogP contribution in [0.1, 0.15) is 30.9 Å². The van der Waals surface area contributed by atoms with Gasteiger partial charge in [-0.05, 0) is 57.0 Å². The van der Waals surface area contributed by atoms with E-state index in [1.165, 1.54) is 17.5 Å². The highest BCUT2D eigenvalue weighted by Crippen LogP contribution is 2.25. The Balaban J connectivity index is 1.73. The molecule has 1 aliphatic heterocycles. The first-order valence-corrected chi connectivity index (χ1v) is 7.34. The van der Waals surface area contributed by atoms with E-state index in [2.05, 4.69) is 37.1 Å². The summed E-state index contributed by atoms with van der Waals surface area (Å²) in [6.45, 7) is 5.16. The Morgan fingerprint density at radius 3 is 3.00 bits per heavy atom. The first-order chi connectivity index (χ1) is 9.15. The van der Waals surface area contributed by atoms with Crippen LogP contribution in [0.4, 0.5) is 0 Å². The first-order valence-electron chi connectivity index (χ1n) is 7.34. The van der Waals surface area contributed by atoms with Crippen molar-refractivity contribution in [1.29, 1.82) is 0 Å². The summed E-state index contributed by atoms with van der Waals surface area (Å²) in [5, 5.41) is 0. The molecule has 3 heteroatoms. The minimum atomic E-state index is 0.324. The van der Waals surface area contributed by atoms with Gasteiger partial charge in [0.05, 0.1) is 6.61 Å². The molecular formula is C16H26N2O. The van der Waals surface area contributed by atoms with Crippen molar-refractivity contribution in [3.05, 3.63) is 29.3 Å². The number of likely N-dealkylation sites (N-methyl/N-ethyl adjacent to an activating group) is 1. The van der Waals surface area contributed by atoms with Crippen molar-refractivity contribution >= 4 is 0 Å². The fourth-order valence-electron chi connectivity index (χ4n) is 2.51. The second-order valence-corrected chi connectivity index (χ2v) is 5.71. The zero-order chi connectivity index (χ0) is 13.7. The van der Waals surface area contributed by atoms with Gasteiger partial charge in [0.1, 0.15) is 5.75 Å². The molecule has 0 saturated carbocycles. The molecule has 0 fully saturated rings. The zero-order valence-electron chi connectivity index (χ0n) is 12.2. The number of hydrogen-bond acceptors (Lipinski definition) is 3. The lowest BCUT2D eigenvalue weighted by molar-refractivity contribution is 0.326. The maximum Gasteiger partial charge on any atom is 0.122 e. The summed E-state index contributed by atoms with van der Waals surface area (Å²) >= 11 is 0. The van der Waals surface area contributed by atoms with Gasteiger partial charge in [-0.3, -0.25) is 0 Å². The Labute approximate surface area is 116 Å². The van der Waals surface area contributed by atoms with Crippen molar-refractivity contribution in [2.75, 3.05) is 26.7 Å². The van der Waals surface area contributed by atoms with E-state index < -0.39 is 0 Å². The predicted molar refractivity (Wildman–Crippen MR) is 79.7 cm³/mol. The van der Waals surface area contributed by atoms with Crippen molar-refractivity contribution < 1.29 is 4.74 Å². The van der Waals surface area contributed by atoms with Gasteiger partial charge in [0.15, 0.2) is 0 Å². The molecule has 0 bridgehead atoms. The van der Waals surface area contributed by atoms with Crippen LogP contribution >= 0.6 is 0 Å². The molecule has 0 aromatic heterocycles.